The summed E-state index contributed by atoms with van der Waals surface area (Å²) in [5.74, 6) is 1.28. The summed E-state index contributed by atoms with van der Waals surface area (Å²) in [6.07, 6.45) is 5.24. The zero-order valence-corrected chi connectivity index (χ0v) is 11.3. The molecule has 2 heterocycles. The Kier molecular flexibility index (Phi) is 2.82. The van der Waals surface area contributed by atoms with Crippen molar-refractivity contribution < 1.29 is 0 Å². The smallest absolute Gasteiger partial charge is 0.164 e. The van der Waals surface area contributed by atoms with Gasteiger partial charge >= 0.3 is 0 Å². The molecule has 0 radical (unpaired) electrons. The van der Waals surface area contributed by atoms with E-state index in [0.29, 0.717) is 16.9 Å². The average Bonchev–Trinajstić information content (AvgIpc) is 3.11. The van der Waals surface area contributed by atoms with Crippen molar-refractivity contribution in [3.05, 3.63) is 28.8 Å². The molecule has 0 unspecified atom stereocenters. The Morgan fingerprint density at radius 2 is 2.17 bits per heavy atom. The molecule has 4 nitrogen and oxygen atoms in total. The van der Waals surface area contributed by atoms with E-state index in [-0.39, 0.29) is 0 Å². The van der Waals surface area contributed by atoms with Gasteiger partial charge in [0.2, 0.25) is 0 Å². The largest absolute Gasteiger partial charge is 0.275 e. The molecule has 2 aromatic heterocycles. The molecule has 3 rings (SSSR count). The van der Waals surface area contributed by atoms with Crippen LogP contribution in [0.4, 0.5) is 0 Å². The highest BCUT2D eigenvalue weighted by atomic mass is 35.5. The molecule has 1 fully saturated rings. The van der Waals surface area contributed by atoms with Crippen LogP contribution in [-0.2, 0) is 13.5 Å². The molecule has 2 aromatic rings. The fourth-order valence-electron chi connectivity index (χ4n) is 2.13. The minimum Gasteiger partial charge on any atom is -0.275 e. The van der Waals surface area contributed by atoms with E-state index in [1.165, 1.54) is 12.8 Å². The minimum atomic E-state index is 0.521. The van der Waals surface area contributed by atoms with Crippen LogP contribution >= 0.6 is 11.6 Å². The highest BCUT2D eigenvalue weighted by molar-refractivity contribution is 6.29. The lowest BCUT2D eigenvalue weighted by atomic mass is 10.2. The van der Waals surface area contributed by atoms with Crippen LogP contribution in [0.25, 0.3) is 11.4 Å². The maximum atomic E-state index is 6.10. The van der Waals surface area contributed by atoms with Crippen molar-refractivity contribution in [3.63, 3.8) is 0 Å². The summed E-state index contributed by atoms with van der Waals surface area (Å²) in [5, 5.41) is 4.94. The van der Waals surface area contributed by atoms with Gasteiger partial charge in [-0.25, -0.2) is 9.97 Å². The van der Waals surface area contributed by atoms with Gasteiger partial charge in [-0.3, -0.25) is 4.68 Å². The number of nitrogens with zero attached hydrogens (tertiary/aromatic N) is 4. The lowest BCUT2D eigenvalue weighted by Crippen LogP contribution is -1.96. The van der Waals surface area contributed by atoms with Gasteiger partial charge in [0.25, 0.3) is 0 Å². The molecule has 0 aliphatic heterocycles. The normalized spacial score (nSPS) is 15.1. The average molecular weight is 263 g/mol. The van der Waals surface area contributed by atoms with E-state index in [0.717, 1.165) is 23.4 Å². The van der Waals surface area contributed by atoms with Crippen molar-refractivity contribution in [2.24, 2.45) is 7.05 Å². The second-order valence-electron chi connectivity index (χ2n) is 4.73. The van der Waals surface area contributed by atoms with Crippen LogP contribution < -0.4 is 0 Å². The van der Waals surface area contributed by atoms with Crippen LogP contribution in [0.15, 0.2) is 12.3 Å². The highest BCUT2D eigenvalue weighted by Crippen LogP contribution is 2.40. The van der Waals surface area contributed by atoms with Gasteiger partial charge in [-0.05, 0) is 25.3 Å². The van der Waals surface area contributed by atoms with Crippen LogP contribution in [0.5, 0.6) is 0 Å². The fraction of sp³-hybridized carbons (Fsp3) is 0.462. The Morgan fingerprint density at radius 3 is 2.83 bits per heavy atom. The van der Waals surface area contributed by atoms with Gasteiger partial charge in [0, 0.05) is 24.9 Å². The second kappa shape index (κ2) is 4.35. The number of aromatic nitrogens is 4. The summed E-state index contributed by atoms with van der Waals surface area (Å²) in [6.45, 7) is 2.08. The van der Waals surface area contributed by atoms with Gasteiger partial charge in [-0.2, -0.15) is 5.10 Å². The first-order valence-electron chi connectivity index (χ1n) is 6.24. The maximum Gasteiger partial charge on any atom is 0.164 e. The molecule has 94 valence electrons. The second-order valence-corrected chi connectivity index (χ2v) is 5.12. The van der Waals surface area contributed by atoms with Crippen LogP contribution in [0, 0.1) is 0 Å². The van der Waals surface area contributed by atoms with Gasteiger partial charge in [-0.15, -0.1) is 0 Å². The Balaban J connectivity index is 2.09. The van der Waals surface area contributed by atoms with Crippen LogP contribution in [0.1, 0.15) is 37.1 Å². The maximum absolute atomic E-state index is 6.10. The molecular formula is C13H15ClN4. The molecule has 0 saturated heterocycles. The Bertz CT molecular complexity index is 587. The van der Waals surface area contributed by atoms with Crippen LogP contribution in [0.2, 0.25) is 5.15 Å². The van der Waals surface area contributed by atoms with E-state index in [1.807, 2.05) is 19.3 Å². The predicted octanol–water partition coefficient (Wildman–Crippen LogP) is 2.97. The summed E-state index contributed by atoms with van der Waals surface area (Å²) in [4.78, 5) is 8.98. The Hall–Kier alpha value is -1.42. The molecule has 0 bridgehead atoms. The van der Waals surface area contributed by atoms with Gasteiger partial charge in [-0.1, -0.05) is 18.5 Å². The third-order valence-corrected chi connectivity index (χ3v) is 3.39. The molecule has 0 aromatic carbocycles. The molecule has 0 atom stereocenters. The zero-order valence-electron chi connectivity index (χ0n) is 10.5. The van der Waals surface area contributed by atoms with Crippen molar-refractivity contribution in [3.8, 4) is 11.4 Å². The lowest BCUT2D eigenvalue weighted by molar-refractivity contribution is 0.746. The van der Waals surface area contributed by atoms with Crippen molar-refractivity contribution in [2.75, 3.05) is 0 Å². The van der Waals surface area contributed by atoms with Gasteiger partial charge in [0.1, 0.15) is 5.15 Å². The van der Waals surface area contributed by atoms with E-state index >= 15 is 0 Å². The first-order chi connectivity index (χ1) is 8.67. The van der Waals surface area contributed by atoms with Crippen molar-refractivity contribution >= 4 is 11.6 Å². The molecular weight excluding hydrogens is 248 g/mol. The number of hydrogen-bond donors (Lipinski definition) is 0. The lowest BCUT2D eigenvalue weighted by Gasteiger charge is -2.03. The third-order valence-electron chi connectivity index (χ3n) is 3.19. The molecule has 1 aliphatic carbocycles. The first-order valence-corrected chi connectivity index (χ1v) is 6.62. The van der Waals surface area contributed by atoms with Crippen LogP contribution in [-0.4, -0.2) is 19.7 Å². The predicted molar refractivity (Wildman–Crippen MR) is 70.6 cm³/mol. The first kappa shape index (κ1) is 11.7. The monoisotopic (exact) mass is 262 g/mol. The van der Waals surface area contributed by atoms with Crippen molar-refractivity contribution in [1.29, 1.82) is 0 Å². The molecule has 1 saturated carbocycles. The van der Waals surface area contributed by atoms with E-state index < -0.39 is 0 Å². The Labute approximate surface area is 111 Å². The highest BCUT2D eigenvalue weighted by Gasteiger charge is 2.26. The summed E-state index contributed by atoms with van der Waals surface area (Å²) < 4.78 is 1.80. The fourth-order valence-corrected chi connectivity index (χ4v) is 2.32. The minimum absolute atomic E-state index is 0.521. The van der Waals surface area contributed by atoms with E-state index in [4.69, 9.17) is 11.6 Å². The topological polar surface area (TPSA) is 43.6 Å². The summed E-state index contributed by atoms with van der Waals surface area (Å²) in [7, 11) is 1.91. The Morgan fingerprint density at radius 1 is 1.39 bits per heavy atom. The van der Waals surface area contributed by atoms with E-state index in [9.17, 15) is 0 Å². The summed E-state index contributed by atoms with van der Waals surface area (Å²) >= 11 is 6.10. The molecule has 1 aliphatic rings. The summed E-state index contributed by atoms with van der Waals surface area (Å²) in [6, 6.07) is 1.88. The molecule has 18 heavy (non-hydrogen) atoms. The van der Waals surface area contributed by atoms with E-state index in [1.54, 1.807) is 4.68 Å². The number of halogens is 1. The van der Waals surface area contributed by atoms with Crippen molar-refractivity contribution in [2.45, 2.75) is 32.1 Å². The van der Waals surface area contributed by atoms with Crippen LogP contribution in [0.3, 0.4) is 0 Å². The third kappa shape index (κ3) is 2.12. The van der Waals surface area contributed by atoms with Gasteiger partial charge < -0.3 is 0 Å². The molecule has 0 N–H and O–H groups in total. The van der Waals surface area contributed by atoms with Crippen molar-refractivity contribution in [1.82, 2.24) is 19.7 Å². The standard InChI is InChI=1S/C13H15ClN4/c1-3-10-9(7-18(2)17-10)13-15-11(8-4-5-8)6-12(14)16-13/h6-8H,3-5H2,1-2H3. The summed E-state index contributed by atoms with van der Waals surface area (Å²) in [5.41, 5.74) is 3.07. The number of rotatable bonds is 3. The zero-order chi connectivity index (χ0) is 12.7. The molecule has 5 heteroatoms. The SMILES string of the molecule is CCc1nn(C)cc1-c1nc(Cl)cc(C2CC2)n1. The quantitative estimate of drug-likeness (QED) is 0.799. The van der Waals surface area contributed by atoms with Gasteiger partial charge in [0.15, 0.2) is 5.82 Å². The number of aryl methyl sites for hydroxylation is 2. The molecule has 0 amide bonds. The van der Waals surface area contributed by atoms with E-state index in [2.05, 4.69) is 22.0 Å². The molecule has 0 spiro atoms. The van der Waals surface area contributed by atoms with Gasteiger partial charge in [0.05, 0.1) is 11.3 Å². The number of hydrogen-bond acceptors (Lipinski definition) is 3.